The van der Waals surface area contributed by atoms with E-state index >= 15 is 0 Å². The summed E-state index contributed by atoms with van der Waals surface area (Å²) in [5.74, 6) is 0.800. The van der Waals surface area contributed by atoms with Gasteiger partial charge in [-0.2, -0.15) is 0 Å². The predicted molar refractivity (Wildman–Crippen MR) is 102 cm³/mol. The fraction of sp³-hybridized carbons (Fsp3) is 0.550. The van der Waals surface area contributed by atoms with Crippen LogP contribution >= 0.6 is 0 Å². The summed E-state index contributed by atoms with van der Waals surface area (Å²) in [6, 6.07) is 7.85. The molecular formula is C20H29N3O3. The number of aromatic nitrogens is 2. The predicted octanol–water partition coefficient (Wildman–Crippen LogP) is 3.23. The Labute approximate surface area is 154 Å². The lowest BCUT2D eigenvalue weighted by atomic mass is 10.2. The number of carbonyl (C=O) groups is 2. The van der Waals surface area contributed by atoms with Crippen LogP contribution in [0.15, 0.2) is 24.3 Å². The first-order valence-electron chi connectivity index (χ1n) is 9.52. The summed E-state index contributed by atoms with van der Waals surface area (Å²) in [5, 5.41) is 2.93. The van der Waals surface area contributed by atoms with Crippen molar-refractivity contribution < 1.29 is 14.3 Å². The first-order chi connectivity index (χ1) is 12.7. The maximum Gasteiger partial charge on any atom is 0.326 e. The first kappa shape index (κ1) is 19.9. The first-order valence-corrected chi connectivity index (χ1v) is 9.52. The van der Waals surface area contributed by atoms with Crippen molar-refractivity contribution in [3.05, 3.63) is 30.1 Å². The third-order valence-electron chi connectivity index (χ3n) is 4.20. The van der Waals surface area contributed by atoms with Crippen LogP contribution in [0.5, 0.6) is 0 Å². The monoisotopic (exact) mass is 359 g/mol. The molecule has 26 heavy (non-hydrogen) atoms. The van der Waals surface area contributed by atoms with Crippen molar-refractivity contribution in [1.29, 1.82) is 0 Å². The molecule has 6 nitrogen and oxygen atoms in total. The molecule has 0 aliphatic heterocycles. The summed E-state index contributed by atoms with van der Waals surface area (Å²) in [7, 11) is 0. The molecule has 2 rings (SSSR count). The zero-order valence-electron chi connectivity index (χ0n) is 15.8. The number of hydrogen-bond acceptors (Lipinski definition) is 4. The largest absolute Gasteiger partial charge is 0.465 e. The zero-order chi connectivity index (χ0) is 18.8. The fourth-order valence-electron chi connectivity index (χ4n) is 2.96. The molecule has 0 atom stereocenters. The molecule has 0 saturated heterocycles. The maximum absolute atomic E-state index is 11.9. The van der Waals surface area contributed by atoms with Crippen molar-refractivity contribution in [3.63, 3.8) is 0 Å². The lowest BCUT2D eigenvalue weighted by Gasteiger charge is -2.09. The Hall–Kier alpha value is -2.37. The summed E-state index contributed by atoms with van der Waals surface area (Å²) >= 11 is 0. The second-order valence-corrected chi connectivity index (χ2v) is 6.32. The van der Waals surface area contributed by atoms with Crippen LogP contribution in [0.3, 0.4) is 0 Å². The Balaban J connectivity index is 1.89. The van der Waals surface area contributed by atoms with Crippen LogP contribution in [0.2, 0.25) is 0 Å². The van der Waals surface area contributed by atoms with Gasteiger partial charge in [-0.3, -0.25) is 9.59 Å². The van der Waals surface area contributed by atoms with Crippen molar-refractivity contribution in [1.82, 2.24) is 14.9 Å². The van der Waals surface area contributed by atoms with Gasteiger partial charge in [-0.15, -0.1) is 0 Å². The molecule has 1 amide bonds. The summed E-state index contributed by atoms with van der Waals surface area (Å²) in [4.78, 5) is 28.0. The number of para-hydroxylation sites is 2. The smallest absolute Gasteiger partial charge is 0.326 e. The number of fused-ring (bicyclic) bond motifs is 1. The Bertz CT molecular complexity index is 724. The lowest BCUT2D eigenvalue weighted by Crippen LogP contribution is -2.23. The highest BCUT2D eigenvalue weighted by Gasteiger charge is 2.13. The van der Waals surface area contributed by atoms with E-state index in [1.54, 1.807) is 0 Å². The third kappa shape index (κ3) is 5.86. The summed E-state index contributed by atoms with van der Waals surface area (Å²) in [6.45, 7) is 5.10. The molecule has 0 aliphatic rings. The van der Waals surface area contributed by atoms with Crippen LogP contribution in [0.4, 0.5) is 0 Å². The molecule has 0 unspecified atom stereocenters. The highest BCUT2D eigenvalue weighted by Crippen LogP contribution is 2.18. The van der Waals surface area contributed by atoms with Gasteiger partial charge in [0.05, 0.1) is 17.6 Å². The number of imidazole rings is 1. The molecule has 0 radical (unpaired) electrons. The Morgan fingerprint density at radius 1 is 1.15 bits per heavy atom. The standard InChI is InChI=1S/C20H29N3O3/c1-3-10-19(24)21-14-9-5-6-13-18-22-16-11-7-8-12-17(16)23(18)15-20(25)26-4-2/h7-8,11-12H,3-6,9-10,13-15H2,1-2H3,(H,21,24). The van der Waals surface area contributed by atoms with Gasteiger partial charge in [-0.1, -0.05) is 25.5 Å². The fourth-order valence-corrected chi connectivity index (χ4v) is 2.96. The van der Waals surface area contributed by atoms with Crippen molar-refractivity contribution >= 4 is 22.9 Å². The van der Waals surface area contributed by atoms with Crippen LogP contribution in [0.1, 0.15) is 51.8 Å². The average molecular weight is 359 g/mol. The molecule has 0 bridgehead atoms. The number of nitrogens with one attached hydrogen (secondary N) is 1. The number of esters is 1. The van der Waals surface area contributed by atoms with Gasteiger partial charge in [0.25, 0.3) is 0 Å². The maximum atomic E-state index is 11.9. The van der Waals surface area contributed by atoms with E-state index in [-0.39, 0.29) is 18.4 Å². The number of hydrogen-bond donors (Lipinski definition) is 1. The van der Waals surface area contributed by atoms with Crippen LogP contribution in [-0.4, -0.2) is 34.6 Å². The van der Waals surface area contributed by atoms with Crippen molar-refractivity contribution in [2.24, 2.45) is 0 Å². The van der Waals surface area contributed by atoms with E-state index in [0.29, 0.717) is 13.0 Å². The summed E-state index contributed by atoms with van der Waals surface area (Å²) < 4.78 is 7.05. The van der Waals surface area contributed by atoms with Crippen molar-refractivity contribution in [3.8, 4) is 0 Å². The molecule has 0 spiro atoms. The molecule has 1 aromatic heterocycles. The van der Waals surface area contributed by atoms with Gasteiger partial charge in [-0.25, -0.2) is 4.98 Å². The van der Waals surface area contributed by atoms with Crippen molar-refractivity contribution in [2.45, 2.75) is 58.9 Å². The van der Waals surface area contributed by atoms with E-state index in [9.17, 15) is 9.59 Å². The highest BCUT2D eigenvalue weighted by molar-refractivity contribution is 5.79. The van der Waals surface area contributed by atoms with Gasteiger partial charge in [0.1, 0.15) is 12.4 Å². The van der Waals surface area contributed by atoms with Gasteiger partial charge in [0.2, 0.25) is 5.91 Å². The topological polar surface area (TPSA) is 73.2 Å². The molecule has 2 aromatic rings. The molecule has 142 valence electrons. The van der Waals surface area contributed by atoms with Crippen LogP contribution in [0.25, 0.3) is 11.0 Å². The van der Waals surface area contributed by atoms with Gasteiger partial charge < -0.3 is 14.6 Å². The quantitative estimate of drug-likeness (QED) is 0.494. The van der Waals surface area contributed by atoms with E-state index in [2.05, 4.69) is 10.3 Å². The van der Waals surface area contributed by atoms with Gasteiger partial charge >= 0.3 is 5.97 Å². The second-order valence-electron chi connectivity index (χ2n) is 6.32. The third-order valence-corrected chi connectivity index (χ3v) is 4.20. The van der Waals surface area contributed by atoms with Crippen LogP contribution in [-0.2, 0) is 27.3 Å². The minimum atomic E-state index is -0.240. The number of benzene rings is 1. The normalized spacial score (nSPS) is 10.8. The number of nitrogens with zero attached hydrogens (tertiary/aromatic N) is 2. The van der Waals surface area contributed by atoms with Crippen molar-refractivity contribution in [2.75, 3.05) is 13.2 Å². The molecule has 0 aliphatic carbocycles. The van der Waals surface area contributed by atoms with Gasteiger partial charge in [-0.05, 0) is 38.3 Å². The van der Waals surface area contributed by atoms with Crippen LogP contribution in [0, 0.1) is 0 Å². The average Bonchev–Trinajstić information content (AvgIpc) is 2.96. The highest BCUT2D eigenvalue weighted by atomic mass is 16.5. The van der Waals surface area contributed by atoms with E-state index in [1.165, 1.54) is 0 Å². The number of unbranched alkanes of at least 4 members (excludes halogenated alkanes) is 2. The number of amides is 1. The number of aryl methyl sites for hydroxylation is 1. The molecule has 1 N–H and O–H groups in total. The van der Waals surface area contributed by atoms with E-state index in [1.807, 2.05) is 42.7 Å². The van der Waals surface area contributed by atoms with Gasteiger partial charge in [0, 0.05) is 19.4 Å². The van der Waals surface area contributed by atoms with Crippen LogP contribution < -0.4 is 5.32 Å². The summed E-state index contributed by atoms with van der Waals surface area (Å²) in [6.07, 6.45) is 5.20. The molecule has 1 aromatic carbocycles. The van der Waals surface area contributed by atoms with Gasteiger partial charge in [0.15, 0.2) is 0 Å². The van der Waals surface area contributed by atoms with E-state index in [0.717, 1.165) is 55.5 Å². The van der Waals surface area contributed by atoms with E-state index in [4.69, 9.17) is 4.74 Å². The zero-order valence-corrected chi connectivity index (χ0v) is 15.8. The second kappa shape index (κ2) is 10.6. The minimum Gasteiger partial charge on any atom is -0.465 e. The molecule has 1 heterocycles. The molecular weight excluding hydrogens is 330 g/mol. The Kier molecular flexibility index (Phi) is 8.12. The Morgan fingerprint density at radius 3 is 2.73 bits per heavy atom. The number of rotatable bonds is 11. The molecule has 0 saturated carbocycles. The molecule has 0 fully saturated rings. The lowest BCUT2D eigenvalue weighted by molar-refractivity contribution is -0.143. The number of carbonyl (C=O) groups excluding carboxylic acids is 2. The SMILES string of the molecule is CCCC(=O)NCCCCCc1nc2ccccc2n1CC(=O)OCC. The minimum absolute atomic E-state index is 0.128. The number of ether oxygens (including phenoxy) is 1. The Morgan fingerprint density at radius 2 is 1.96 bits per heavy atom. The molecule has 6 heteroatoms. The van der Waals surface area contributed by atoms with E-state index < -0.39 is 0 Å². The summed E-state index contributed by atoms with van der Waals surface area (Å²) in [5.41, 5.74) is 1.86.